The van der Waals surface area contributed by atoms with Crippen molar-refractivity contribution in [2.45, 2.75) is 26.2 Å². The first-order chi connectivity index (χ1) is 6.47. The van der Waals surface area contributed by atoms with Gasteiger partial charge in [-0.2, -0.15) is 4.98 Å². The topological polar surface area (TPSA) is 73.1 Å². The van der Waals surface area contributed by atoms with Crippen LogP contribution < -0.4 is 16.0 Å². The molecule has 5 nitrogen and oxygen atoms in total. The lowest BCUT2D eigenvalue weighted by Gasteiger charge is -2.17. The number of hydrazine groups is 1. The highest BCUT2D eigenvalue weighted by Gasteiger charge is 2.19. The first kappa shape index (κ1) is 10.7. The third kappa shape index (κ3) is 2.32. The van der Waals surface area contributed by atoms with Crippen molar-refractivity contribution in [2.24, 2.45) is 5.84 Å². The zero-order valence-electron chi connectivity index (χ0n) is 8.96. The van der Waals surface area contributed by atoms with Gasteiger partial charge in [0.1, 0.15) is 11.6 Å². The number of nitrogens with zero attached hydrogens (tertiary/aromatic N) is 2. The molecule has 0 aromatic carbocycles. The number of hydrogen-bond donors (Lipinski definition) is 2. The number of methoxy groups -OCH3 is 1. The molecular weight excluding hydrogens is 180 g/mol. The molecule has 14 heavy (non-hydrogen) atoms. The van der Waals surface area contributed by atoms with Gasteiger partial charge in [-0.1, -0.05) is 20.8 Å². The maximum atomic E-state index is 5.29. The van der Waals surface area contributed by atoms with Gasteiger partial charge in [0.05, 0.1) is 7.11 Å². The molecule has 0 bridgehead atoms. The fourth-order valence-corrected chi connectivity index (χ4v) is 0.939. The first-order valence-electron chi connectivity index (χ1n) is 4.37. The Balaban J connectivity index is 3.17. The summed E-state index contributed by atoms with van der Waals surface area (Å²) < 4.78 is 5.05. The van der Waals surface area contributed by atoms with Crippen molar-refractivity contribution in [1.82, 2.24) is 9.97 Å². The van der Waals surface area contributed by atoms with Crippen molar-refractivity contribution in [1.29, 1.82) is 0 Å². The predicted octanol–water partition coefficient (Wildman–Crippen LogP) is 1.07. The molecule has 1 aromatic rings. The van der Waals surface area contributed by atoms with E-state index in [2.05, 4.69) is 15.4 Å². The Morgan fingerprint density at radius 1 is 1.36 bits per heavy atom. The Bertz CT molecular complexity index is 297. The van der Waals surface area contributed by atoms with Gasteiger partial charge >= 0.3 is 0 Å². The van der Waals surface area contributed by atoms with Gasteiger partial charge in [-0.05, 0) is 0 Å². The van der Waals surface area contributed by atoms with Gasteiger partial charge in [-0.3, -0.25) is 0 Å². The molecule has 0 atom stereocenters. The molecule has 0 unspecified atom stereocenters. The van der Waals surface area contributed by atoms with Crippen LogP contribution in [0.3, 0.4) is 0 Å². The molecule has 0 aliphatic carbocycles. The van der Waals surface area contributed by atoms with E-state index in [1.54, 1.807) is 13.2 Å². The summed E-state index contributed by atoms with van der Waals surface area (Å²) in [5.74, 6) is 7.06. The molecule has 0 fully saturated rings. The molecule has 0 saturated carbocycles. The van der Waals surface area contributed by atoms with E-state index < -0.39 is 0 Å². The van der Waals surface area contributed by atoms with Gasteiger partial charge in [0, 0.05) is 11.5 Å². The molecule has 78 valence electrons. The molecule has 0 saturated heterocycles. The molecule has 0 radical (unpaired) electrons. The predicted molar refractivity (Wildman–Crippen MR) is 55.1 cm³/mol. The monoisotopic (exact) mass is 196 g/mol. The number of anilines is 1. The number of hydrogen-bond acceptors (Lipinski definition) is 5. The lowest BCUT2D eigenvalue weighted by molar-refractivity contribution is 0.389. The normalized spacial score (nSPS) is 11.2. The highest BCUT2D eigenvalue weighted by atomic mass is 16.5. The van der Waals surface area contributed by atoms with Crippen LogP contribution in [0.15, 0.2) is 6.07 Å². The van der Waals surface area contributed by atoms with Gasteiger partial charge in [-0.25, -0.2) is 10.8 Å². The van der Waals surface area contributed by atoms with E-state index >= 15 is 0 Å². The second-order valence-electron chi connectivity index (χ2n) is 4.01. The smallest absolute Gasteiger partial charge is 0.218 e. The van der Waals surface area contributed by atoms with Crippen LogP contribution in [0.4, 0.5) is 5.82 Å². The summed E-state index contributed by atoms with van der Waals surface area (Å²) in [6.45, 7) is 6.09. The van der Waals surface area contributed by atoms with Crippen LogP contribution in [0.5, 0.6) is 5.88 Å². The van der Waals surface area contributed by atoms with Crippen LogP contribution >= 0.6 is 0 Å². The fourth-order valence-electron chi connectivity index (χ4n) is 0.939. The Morgan fingerprint density at radius 2 is 2.00 bits per heavy atom. The Morgan fingerprint density at radius 3 is 2.43 bits per heavy atom. The van der Waals surface area contributed by atoms with Crippen LogP contribution in [0.25, 0.3) is 0 Å². The van der Waals surface area contributed by atoms with Gasteiger partial charge in [0.15, 0.2) is 0 Å². The number of nitrogens with two attached hydrogens (primary N) is 1. The SMILES string of the molecule is COc1cc(NN)nc(C(C)(C)C)n1. The highest BCUT2D eigenvalue weighted by molar-refractivity contribution is 5.37. The van der Waals surface area contributed by atoms with Crippen LogP contribution in [0.2, 0.25) is 0 Å². The molecule has 0 aliphatic heterocycles. The third-order valence-corrected chi connectivity index (χ3v) is 1.73. The van der Waals surface area contributed by atoms with E-state index in [1.165, 1.54) is 0 Å². The molecule has 1 aromatic heterocycles. The van der Waals surface area contributed by atoms with Gasteiger partial charge in [0.25, 0.3) is 0 Å². The molecule has 5 heteroatoms. The number of ether oxygens (including phenoxy) is 1. The summed E-state index contributed by atoms with van der Waals surface area (Å²) in [4.78, 5) is 8.49. The number of nitrogens with one attached hydrogen (secondary N) is 1. The lowest BCUT2D eigenvalue weighted by Crippen LogP contribution is -2.19. The largest absolute Gasteiger partial charge is 0.481 e. The second-order valence-corrected chi connectivity index (χ2v) is 4.01. The maximum absolute atomic E-state index is 5.29. The van der Waals surface area contributed by atoms with Crippen LogP contribution in [-0.4, -0.2) is 17.1 Å². The first-order valence-corrected chi connectivity index (χ1v) is 4.37. The minimum Gasteiger partial charge on any atom is -0.481 e. The molecule has 0 aliphatic rings. The summed E-state index contributed by atoms with van der Waals surface area (Å²) in [7, 11) is 1.56. The van der Waals surface area contributed by atoms with E-state index in [4.69, 9.17) is 10.6 Å². The van der Waals surface area contributed by atoms with Crippen molar-refractivity contribution < 1.29 is 4.74 Å². The molecule has 1 rings (SSSR count). The Kier molecular flexibility index (Phi) is 2.90. The van der Waals surface area contributed by atoms with E-state index in [9.17, 15) is 0 Å². The standard InChI is InChI=1S/C9H16N4O/c1-9(2,3)8-11-6(13-10)5-7(12-8)14-4/h5H,10H2,1-4H3,(H,11,12,13). The minimum absolute atomic E-state index is 0.125. The Labute approximate surface area is 83.7 Å². The number of aromatic nitrogens is 2. The summed E-state index contributed by atoms with van der Waals surface area (Å²) in [6.07, 6.45) is 0. The van der Waals surface area contributed by atoms with Crippen molar-refractivity contribution >= 4 is 5.82 Å². The van der Waals surface area contributed by atoms with Gasteiger partial charge < -0.3 is 10.2 Å². The van der Waals surface area contributed by atoms with Gasteiger partial charge in [-0.15, -0.1) is 0 Å². The lowest BCUT2D eigenvalue weighted by atomic mass is 9.96. The average molecular weight is 196 g/mol. The zero-order chi connectivity index (χ0) is 10.8. The van der Waals surface area contributed by atoms with E-state index in [0.717, 1.165) is 0 Å². The highest BCUT2D eigenvalue weighted by Crippen LogP contribution is 2.22. The average Bonchev–Trinajstić information content (AvgIpc) is 2.15. The molecule has 0 amide bonds. The van der Waals surface area contributed by atoms with Crippen molar-refractivity contribution in [2.75, 3.05) is 12.5 Å². The van der Waals surface area contributed by atoms with Crippen molar-refractivity contribution in [3.8, 4) is 5.88 Å². The second kappa shape index (κ2) is 3.79. The van der Waals surface area contributed by atoms with Gasteiger partial charge in [0.2, 0.25) is 5.88 Å². The third-order valence-electron chi connectivity index (χ3n) is 1.73. The molecule has 3 N–H and O–H groups in total. The number of rotatable bonds is 2. The van der Waals surface area contributed by atoms with E-state index in [-0.39, 0.29) is 5.41 Å². The van der Waals surface area contributed by atoms with Crippen molar-refractivity contribution in [3.05, 3.63) is 11.9 Å². The summed E-state index contributed by atoms with van der Waals surface area (Å²) >= 11 is 0. The summed E-state index contributed by atoms with van der Waals surface area (Å²) in [6, 6.07) is 1.65. The quantitative estimate of drug-likeness (QED) is 0.546. The Hall–Kier alpha value is -1.36. The van der Waals surface area contributed by atoms with Crippen LogP contribution in [0.1, 0.15) is 26.6 Å². The molecule has 1 heterocycles. The van der Waals surface area contributed by atoms with E-state index in [0.29, 0.717) is 17.5 Å². The van der Waals surface area contributed by atoms with E-state index in [1.807, 2.05) is 20.8 Å². The minimum atomic E-state index is -0.125. The summed E-state index contributed by atoms with van der Waals surface area (Å²) in [5, 5.41) is 0. The zero-order valence-corrected chi connectivity index (χ0v) is 8.96. The van der Waals surface area contributed by atoms with Crippen LogP contribution in [-0.2, 0) is 5.41 Å². The summed E-state index contributed by atoms with van der Waals surface area (Å²) in [5.41, 5.74) is 2.36. The fraction of sp³-hybridized carbons (Fsp3) is 0.556. The molecular formula is C9H16N4O. The van der Waals surface area contributed by atoms with Crippen molar-refractivity contribution in [3.63, 3.8) is 0 Å². The maximum Gasteiger partial charge on any atom is 0.218 e. The number of nitrogen functional groups attached to an aromatic ring is 1. The van der Waals surface area contributed by atoms with Crippen LogP contribution in [0, 0.1) is 0 Å². The molecule has 0 spiro atoms.